The molecule has 8 heteroatoms. The minimum Gasteiger partial charge on any atom is -0.272 e. The van der Waals surface area contributed by atoms with Gasteiger partial charge in [-0.15, -0.1) is 0 Å². The van der Waals surface area contributed by atoms with Gasteiger partial charge in [0, 0.05) is 11.5 Å². The number of benzene rings is 2. The van der Waals surface area contributed by atoms with Gasteiger partial charge in [-0.25, -0.2) is 0 Å². The maximum absolute atomic E-state index is 11.4. The van der Waals surface area contributed by atoms with Crippen molar-refractivity contribution in [2.45, 2.75) is 38.5 Å². The lowest BCUT2D eigenvalue weighted by molar-refractivity contribution is -0.393. The molecule has 1 saturated carbocycles. The van der Waals surface area contributed by atoms with Gasteiger partial charge in [-0.1, -0.05) is 50.6 Å². The van der Waals surface area contributed by atoms with Crippen LogP contribution in [-0.2, 0) is 5.41 Å². The second kappa shape index (κ2) is 7.75. The summed E-state index contributed by atoms with van der Waals surface area (Å²) >= 11 is 0. The lowest BCUT2D eigenvalue weighted by Crippen LogP contribution is -2.41. The Balaban J connectivity index is 1.99. The number of nitro groups is 2. The van der Waals surface area contributed by atoms with Crippen LogP contribution in [0.15, 0.2) is 53.6 Å². The van der Waals surface area contributed by atoms with E-state index in [9.17, 15) is 20.2 Å². The molecule has 0 radical (unpaired) electrons. The lowest BCUT2D eigenvalue weighted by Gasteiger charge is -2.39. The van der Waals surface area contributed by atoms with Gasteiger partial charge in [0.25, 0.3) is 5.69 Å². The van der Waals surface area contributed by atoms with E-state index in [1.54, 1.807) is 0 Å². The van der Waals surface area contributed by atoms with Crippen molar-refractivity contribution in [1.29, 1.82) is 0 Å². The fraction of sp³-hybridized carbons (Fsp3) is 0.350. The Morgan fingerprint density at radius 1 is 1.11 bits per heavy atom. The van der Waals surface area contributed by atoms with E-state index in [4.69, 9.17) is 0 Å². The summed E-state index contributed by atoms with van der Waals surface area (Å²) in [5.41, 5.74) is 4.05. The van der Waals surface area contributed by atoms with Crippen LogP contribution >= 0.6 is 0 Å². The van der Waals surface area contributed by atoms with Gasteiger partial charge in [0.2, 0.25) is 0 Å². The van der Waals surface area contributed by atoms with Gasteiger partial charge in [-0.05, 0) is 30.4 Å². The minimum absolute atomic E-state index is 0.135. The maximum Gasteiger partial charge on any atom is 0.301 e. The van der Waals surface area contributed by atoms with Crippen LogP contribution < -0.4 is 5.43 Å². The van der Waals surface area contributed by atoms with E-state index in [0.717, 1.165) is 36.6 Å². The molecule has 0 aliphatic heterocycles. The molecule has 1 aliphatic rings. The molecule has 1 aliphatic carbocycles. The van der Waals surface area contributed by atoms with Gasteiger partial charge in [-0.2, -0.15) is 5.10 Å². The molecule has 0 saturated heterocycles. The summed E-state index contributed by atoms with van der Waals surface area (Å²) in [6.45, 7) is 4.24. The number of anilines is 1. The topological polar surface area (TPSA) is 111 Å². The number of nitrogens with one attached hydrogen (secondary N) is 1. The largest absolute Gasteiger partial charge is 0.301 e. The summed E-state index contributed by atoms with van der Waals surface area (Å²) < 4.78 is 0. The van der Waals surface area contributed by atoms with Gasteiger partial charge in [0.05, 0.1) is 21.6 Å². The average molecular weight is 382 g/mol. The van der Waals surface area contributed by atoms with E-state index in [-0.39, 0.29) is 28.4 Å². The predicted molar refractivity (Wildman–Crippen MR) is 108 cm³/mol. The average Bonchev–Trinajstić information content (AvgIpc) is 2.68. The fourth-order valence-corrected chi connectivity index (χ4v) is 3.90. The highest BCUT2D eigenvalue weighted by molar-refractivity contribution is 5.97. The van der Waals surface area contributed by atoms with Crippen molar-refractivity contribution >= 4 is 22.8 Å². The van der Waals surface area contributed by atoms with E-state index in [0.29, 0.717) is 0 Å². The molecule has 2 aromatic rings. The zero-order chi connectivity index (χ0) is 20.3. The Bertz CT molecular complexity index is 929. The van der Waals surface area contributed by atoms with Gasteiger partial charge in [-0.3, -0.25) is 25.7 Å². The van der Waals surface area contributed by atoms with Crippen LogP contribution in [0.4, 0.5) is 17.1 Å². The van der Waals surface area contributed by atoms with Crippen molar-refractivity contribution in [3.05, 3.63) is 74.3 Å². The number of nitro benzene ring substituents is 2. The molecular formula is C20H22N4O4. The number of hydrogen-bond acceptors (Lipinski definition) is 6. The number of nitrogens with zero attached hydrogens (tertiary/aromatic N) is 3. The normalized spacial score (nSPS) is 23.4. The summed E-state index contributed by atoms with van der Waals surface area (Å²) in [6, 6.07) is 13.6. The third kappa shape index (κ3) is 3.71. The van der Waals surface area contributed by atoms with Gasteiger partial charge in [0.15, 0.2) is 0 Å². The second-order valence-electron chi connectivity index (χ2n) is 7.32. The van der Waals surface area contributed by atoms with Crippen LogP contribution in [0.2, 0.25) is 0 Å². The zero-order valence-electron chi connectivity index (χ0n) is 15.8. The standard InChI is InChI=1S/C20H22N4O4/c1-14-7-6-12-20(2,15-8-4-3-5-9-15)19(14)22-21-17-11-10-16(23(25)26)13-18(17)24(27)28/h3-5,8-11,13-14,21H,6-7,12H2,1-2H3/b22-19-. The maximum atomic E-state index is 11.4. The molecule has 2 aromatic carbocycles. The van der Waals surface area contributed by atoms with Crippen molar-refractivity contribution in [3.63, 3.8) is 0 Å². The van der Waals surface area contributed by atoms with Gasteiger partial charge < -0.3 is 0 Å². The van der Waals surface area contributed by atoms with Crippen molar-refractivity contribution in [1.82, 2.24) is 0 Å². The van der Waals surface area contributed by atoms with Crippen molar-refractivity contribution in [3.8, 4) is 0 Å². The summed E-state index contributed by atoms with van der Waals surface area (Å²) in [7, 11) is 0. The molecular weight excluding hydrogens is 360 g/mol. The first-order valence-corrected chi connectivity index (χ1v) is 9.15. The predicted octanol–water partition coefficient (Wildman–Crippen LogP) is 5.05. The minimum atomic E-state index is -0.654. The van der Waals surface area contributed by atoms with E-state index < -0.39 is 9.85 Å². The lowest BCUT2D eigenvalue weighted by atomic mass is 9.66. The third-order valence-electron chi connectivity index (χ3n) is 5.44. The summed E-state index contributed by atoms with van der Waals surface area (Å²) in [5, 5.41) is 26.8. The molecule has 0 aromatic heterocycles. The monoisotopic (exact) mass is 382 g/mol. The highest BCUT2D eigenvalue weighted by atomic mass is 16.6. The van der Waals surface area contributed by atoms with E-state index >= 15 is 0 Å². The van der Waals surface area contributed by atoms with Crippen LogP contribution in [0, 0.1) is 26.1 Å². The molecule has 3 rings (SSSR count). The SMILES string of the molecule is CC1CCCC(C)(c2ccccc2)/C1=N\Nc1ccc([N+](=O)[O-])cc1[N+](=O)[O-]. The first-order valence-electron chi connectivity index (χ1n) is 9.15. The van der Waals surface area contributed by atoms with Crippen LogP contribution in [0.25, 0.3) is 0 Å². The van der Waals surface area contributed by atoms with Crippen LogP contribution in [-0.4, -0.2) is 15.6 Å². The third-order valence-corrected chi connectivity index (χ3v) is 5.44. The smallest absolute Gasteiger partial charge is 0.272 e. The van der Waals surface area contributed by atoms with Crippen molar-refractivity contribution < 1.29 is 9.85 Å². The quantitative estimate of drug-likeness (QED) is 0.574. The summed E-state index contributed by atoms with van der Waals surface area (Å²) in [6.07, 6.45) is 3.00. The van der Waals surface area contributed by atoms with Gasteiger partial charge >= 0.3 is 5.69 Å². The van der Waals surface area contributed by atoms with Gasteiger partial charge in [0.1, 0.15) is 5.69 Å². The van der Waals surface area contributed by atoms with Crippen LogP contribution in [0.5, 0.6) is 0 Å². The Morgan fingerprint density at radius 3 is 2.46 bits per heavy atom. The Labute approximate surface area is 162 Å². The molecule has 2 atom stereocenters. The Kier molecular flexibility index (Phi) is 5.39. The molecule has 0 heterocycles. The molecule has 0 amide bonds. The number of hydrogen-bond donors (Lipinski definition) is 1. The van der Waals surface area contributed by atoms with E-state index in [1.807, 2.05) is 18.2 Å². The molecule has 8 nitrogen and oxygen atoms in total. The van der Waals surface area contributed by atoms with Crippen molar-refractivity contribution in [2.24, 2.45) is 11.0 Å². The fourth-order valence-electron chi connectivity index (χ4n) is 3.90. The van der Waals surface area contributed by atoms with Crippen LogP contribution in [0.1, 0.15) is 38.7 Å². The molecule has 28 heavy (non-hydrogen) atoms. The highest BCUT2D eigenvalue weighted by Gasteiger charge is 2.38. The Hall–Kier alpha value is -3.29. The highest BCUT2D eigenvalue weighted by Crippen LogP contribution is 2.40. The molecule has 0 spiro atoms. The number of rotatable bonds is 5. The number of hydrazone groups is 1. The molecule has 1 N–H and O–H groups in total. The summed E-state index contributed by atoms with van der Waals surface area (Å²) in [5.74, 6) is 0.212. The van der Waals surface area contributed by atoms with Crippen molar-refractivity contribution in [2.75, 3.05) is 5.43 Å². The van der Waals surface area contributed by atoms with Crippen LogP contribution in [0.3, 0.4) is 0 Å². The summed E-state index contributed by atoms with van der Waals surface area (Å²) in [4.78, 5) is 21.0. The first-order chi connectivity index (χ1) is 13.3. The Morgan fingerprint density at radius 2 is 1.82 bits per heavy atom. The zero-order valence-corrected chi connectivity index (χ0v) is 15.8. The molecule has 146 valence electrons. The molecule has 1 fully saturated rings. The first kappa shape index (κ1) is 19.5. The number of non-ortho nitro benzene ring substituents is 1. The van der Waals surface area contributed by atoms with E-state index in [2.05, 4.69) is 36.5 Å². The van der Waals surface area contributed by atoms with E-state index in [1.165, 1.54) is 12.1 Å². The molecule has 0 bridgehead atoms. The molecule has 2 unspecified atom stereocenters. The second-order valence-corrected chi connectivity index (χ2v) is 7.32.